The fourth-order valence-corrected chi connectivity index (χ4v) is 2.83. The van der Waals surface area contributed by atoms with Gasteiger partial charge in [-0.3, -0.25) is 14.4 Å². The van der Waals surface area contributed by atoms with Crippen molar-refractivity contribution in [3.63, 3.8) is 0 Å². The summed E-state index contributed by atoms with van der Waals surface area (Å²) < 4.78 is 39.1. The highest BCUT2D eigenvalue weighted by atomic mass is 19.3. The average molecular weight is 473 g/mol. The molecular weight excluding hydrogens is 452 g/mol. The quantitative estimate of drug-likeness (QED) is 0.416. The zero-order valence-corrected chi connectivity index (χ0v) is 18.0. The average Bonchev–Trinajstić information content (AvgIpc) is 3.37. The number of benzene rings is 2. The fourth-order valence-electron chi connectivity index (χ4n) is 2.83. The topological polar surface area (TPSA) is 119 Å². The minimum absolute atomic E-state index is 0.0406. The number of rotatable bonds is 10. The Bertz CT molecular complexity index is 1130. The van der Waals surface area contributed by atoms with E-state index in [4.69, 9.17) is 9.15 Å². The first kappa shape index (κ1) is 24.2. The second-order valence-corrected chi connectivity index (χ2v) is 6.83. The summed E-state index contributed by atoms with van der Waals surface area (Å²) in [5.41, 5.74) is 1.44. The Labute approximate surface area is 193 Å². The van der Waals surface area contributed by atoms with Crippen molar-refractivity contribution in [2.24, 2.45) is 0 Å². The lowest BCUT2D eigenvalue weighted by molar-refractivity contribution is -0.120. The zero-order chi connectivity index (χ0) is 24.5. The van der Waals surface area contributed by atoms with Crippen molar-refractivity contribution in [3.05, 3.63) is 77.7 Å². The molecule has 178 valence electrons. The predicted octanol–water partition coefficient (Wildman–Crippen LogP) is 3.19. The van der Waals surface area contributed by atoms with E-state index in [1.54, 1.807) is 36.4 Å². The third-order valence-corrected chi connectivity index (χ3v) is 4.50. The second kappa shape index (κ2) is 11.5. The summed E-state index contributed by atoms with van der Waals surface area (Å²) in [6, 6.07) is 13.7. The van der Waals surface area contributed by atoms with Gasteiger partial charge in [0.1, 0.15) is 0 Å². The SMILES string of the molecule is COc1cc(C(=O)NCC(=O)NCc2ccc(NC(=O)c3ccco3)cc2)ccc1OC(F)F. The summed E-state index contributed by atoms with van der Waals surface area (Å²) in [5.74, 6) is -1.47. The number of ether oxygens (including phenoxy) is 2. The van der Waals surface area contributed by atoms with Gasteiger partial charge in [-0.15, -0.1) is 0 Å². The maximum Gasteiger partial charge on any atom is 0.387 e. The van der Waals surface area contributed by atoms with Crippen LogP contribution in [0, 0.1) is 0 Å². The first-order valence-corrected chi connectivity index (χ1v) is 9.97. The van der Waals surface area contributed by atoms with Crippen LogP contribution >= 0.6 is 0 Å². The van der Waals surface area contributed by atoms with Crippen molar-refractivity contribution in [1.82, 2.24) is 10.6 Å². The number of furan rings is 1. The van der Waals surface area contributed by atoms with Gasteiger partial charge in [0.05, 0.1) is 19.9 Å². The Morgan fingerprint density at radius 3 is 2.38 bits per heavy atom. The van der Waals surface area contributed by atoms with Gasteiger partial charge in [0, 0.05) is 17.8 Å². The van der Waals surface area contributed by atoms with E-state index in [2.05, 4.69) is 20.7 Å². The fraction of sp³-hybridized carbons (Fsp3) is 0.174. The van der Waals surface area contributed by atoms with E-state index in [1.165, 1.54) is 31.6 Å². The molecule has 0 saturated carbocycles. The Morgan fingerprint density at radius 2 is 1.74 bits per heavy atom. The molecule has 3 rings (SSSR count). The van der Waals surface area contributed by atoms with E-state index in [-0.39, 0.29) is 41.8 Å². The molecule has 0 aliphatic carbocycles. The Morgan fingerprint density at radius 1 is 0.971 bits per heavy atom. The number of alkyl halides is 2. The number of carbonyl (C=O) groups is 3. The van der Waals surface area contributed by atoms with Crippen LogP contribution in [-0.4, -0.2) is 38.0 Å². The van der Waals surface area contributed by atoms with Crippen molar-refractivity contribution < 1.29 is 37.1 Å². The van der Waals surface area contributed by atoms with Crippen molar-refractivity contribution in [1.29, 1.82) is 0 Å². The van der Waals surface area contributed by atoms with Crippen LogP contribution in [-0.2, 0) is 11.3 Å². The molecule has 34 heavy (non-hydrogen) atoms. The summed E-state index contributed by atoms with van der Waals surface area (Å²) in [4.78, 5) is 36.3. The molecule has 0 aliphatic heterocycles. The number of amides is 3. The van der Waals surface area contributed by atoms with Crippen LogP contribution < -0.4 is 25.4 Å². The van der Waals surface area contributed by atoms with E-state index in [0.717, 1.165) is 5.56 Å². The molecule has 2 aromatic carbocycles. The van der Waals surface area contributed by atoms with E-state index >= 15 is 0 Å². The van der Waals surface area contributed by atoms with Crippen molar-refractivity contribution >= 4 is 23.4 Å². The largest absolute Gasteiger partial charge is 0.493 e. The molecule has 11 heteroatoms. The molecule has 9 nitrogen and oxygen atoms in total. The van der Waals surface area contributed by atoms with Crippen LogP contribution in [0.4, 0.5) is 14.5 Å². The predicted molar refractivity (Wildman–Crippen MR) is 117 cm³/mol. The highest BCUT2D eigenvalue weighted by molar-refractivity contribution is 6.02. The number of hydrogen-bond acceptors (Lipinski definition) is 6. The summed E-state index contributed by atoms with van der Waals surface area (Å²) in [5, 5.41) is 7.78. The number of halogens is 2. The van der Waals surface area contributed by atoms with Gasteiger partial charge in [-0.1, -0.05) is 12.1 Å². The first-order chi connectivity index (χ1) is 16.4. The number of hydrogen-bond donors (Lipinski definition) is 3. The monoisotopic (exact) mass is 473 g/mol. The summed E-state index contributed by atoms with van der Waals surface area (Å²) in [7, 11) is 1.25. The molecule has 0 radical (unpaired) electrons. The van der Waals surface area contributed by atoms with Gasteiger partial charge in [-0.2, -0.15) is 8.78 Å². The van der Waals surface area contributed by atoms with Crippen LogP contribution in [0.25, 0.3) is 0 Å². The molecular formula is C23H21F2N3O6. The Kier molecular flexibility index (Phi) is 8.16. The van der Waals surface area contributed by atoms with Gasteiger partial charge in [0.25, 0.3) is 11.8 Å². The number of carbonyl (C=O) groups excluding carboxylic acids is 3. The molecule has 1 heterocycles. The van der Waals surface area contributed by atoms with Gasteiger partial charge in [-0.05, 0) is 48.0 Å². The van der Waals surface area contributed by atoms with Crippen molar-refractivity contribution in [3.8, 4) is 11.5 Å². The molecule has 0 unspecified atom stereocenters. The Balaban J connectivity index is 1.45. The normalized spacial score (nSPS) is 10.5. The second-order valence-electron chi connectivity index (χ2n) is 6.83. The van der Waals surface area contributed by atoms with Crippen LogP contribution in [0.1, 0.15) is 26.5 Å². The third-order valence-electron chi connectivity index (χ3n) is 4.50. The molecule has 0 bridgehead atoms. The number of methoxy groups -OCH3 is 1. The van der Waals surface area contributed by atoms with Crippen molar-refractivity contribution in [2.45, 2.75) is 13.2 Å². The highest BCUT2D eigenvalue weighted by Gasteiger charge is 2.15. The van der Waals surface area contributed by atoms with Gasteiger partial charge in [0.2, 0.25) is 5.91 Å². The van der Waals surface area contributed by atoms with E-state index < -0.39 is 18.4 Å². The van der Waals surface area contributed by atoms with Crippen LogP contribution in [0.3, 0.4) is 0 Å². The molecule has 3 amide bonds. The lowest BCUT2D eigenvalue weighted by atomic mass is 10.2. The van der Waals surface area contributed by atoms with E-state index in [0.29, 0.717) is 5.69 Å². The van der Waals surface area contributed by atoms with Crippen molar-refractivity contribution in [2.75, 3.05) is 19.0 Å². The maximum atomic E-state index is 12.4. The van der Waals surface area contributed by atoms with Gasteiger partial charge in [0.15, 0.2) is 17.3 Å². The number of nitrogens with one attached hydrogen (secondary N) is 3. The summed E-state index contributed by atoms with van der Waals surface area (Å²) in [6.45, 7) is -3.13. The van der Waals surface area contributed by atoms with E-state index in [9.17, 15) is 23.2 Å². The lowest BCUT2D eigenvalue weighted by Crippen LogP contribution is -2.36. The zero-order valence-electron chi connectivity index (χ0n) is 18.0. The molecule has 0 fully saturated rings. The molecule has 0 aliphatic rings. The molecule has 3 aromatic rings. The minimum atomic E-state index is -3.03. The maximum absolute atomic E-state index is 12.4. The van der Waals surface area contributed by atoms with Gasteiger partial charge >= 0.3 is 6.61 Å². The van der Waals surface area contributed by atoms with Crippen LogP contribution in [0.5, 0.6) is 11.5 Å². The standard InChI is InChI=1S/C23H21F2N3O6/c1-32-19-11-15(6-9-17(19)34-23(24)25)21(30)27-13-20(29)26-12-14-4-7-16(8-5-14)28-22(31)18-3-2-10-33-18/h2-11,23H,12-13H2,1H3,(H,26,29)(H,27,30)(H,28,31). The minimum Gasteiger partial charge on any atom is -0.493 e. The summed E-state index contributed by atoms with van der Waals surface area (Å²) >= 11 is 0. The molecule has 0 saturated heterocycles. The highest BCUT2D eigenvalue weighted by Crippen LogP contribution is 2.29. The molecule has 0 spiro atoms. The van der Waals surface area contributed by atoms with Gasteiger partial charge in [-0.25, -0.2) is 0 Å². The molecule has 0 atom stereocenters. The first-order valence-electron chi connectivity index (χ1n) is 9.97. The molecule has 3 N–H and O–H groups in total. The van der Waals surface area contributed by atoms with Crippen LogP contribution in [0.15, 0.2) is 65.3 Å². The summed E-state index contributed by atoms with van der Waals surface area (Å²) in [6.07, 6.45) is 1.40. The van der Waals surface area contributed by atoms with E-state index in [1.807, 2.05) is 0 Å². The molecule has 1 aromatic heterocycles. The third kappa shape index (κ3) is 6.79. The van der Waals surface area contributed by atoms with Gasteiger partial charge < -0.3 is 29.8 Å². The van der Waals surface area contributed by atoms with Crippen LogP contribution in [0.2, 0.25) is 0 Å². The number of anilines is 1. The smallest absolute Gasteiger partial charge is 0.387 e. The lowest BCUT2D eigenvalue weighted by Gasteiger charge is -2.12. The Hall–Kier alpha value is -4.41.